The summed E-state index contributed by atoms with van der Waals surface area (Å²) >= 11 is 1.55. The van der Waals surface area contributed by atoms with Gasteiger partial charge < -0.3 is 4.74 Å². The van der Waals surface area contributed by atoms with E-state index >= 15 is 0 Å². The highest BCUT2D eigenvalue weighted by Crippen LogP contribution is 2.25. The van der Waals surface area contributed by atoms with Crippen LogP contribution in [0.2, 0.25) is 0 Å². The zero-order valence-corrected chi connectivity index (χ0v) is 12.8. The molecule has 3 rings (SSSR count). The molecule has 0 radical (unpaired) electrons. The molecule has 3 heterocycles. The molecule has 0 N–H and O–H groups in total. The molecule has 0 amide bonds. The summed E-state index contributed by atoms with van der Waals surface area (Å²) in [5.74, 6) is 0.502. The maximum absolute atomic E-state index is 12.4. The average Bonchev–Trinajstić information content (AvgIpc) is 3.09. The smallest absolute Gasteiger partial charge is 0.142 e. The van der Waals surface area contributed by atoms with Crippen LogP contribution in [-0.4, -0.2) is 32.1 Å². The maximum atomic E-state index is 12.4. The standard InChI is InChI=1S/C14H16N2O2S2/c1-10-13(5-7-18-10)20(17)9-11-8-19-14(16-11)12-4-2-3-6-15-12/h2-4,6,8,10,13H,5,7,9H2,1H3/t10-,13-,20-/m0/s1. The van der Waals surface area contributed by atoms with Gasteiger partial charge in [0.1, 0.15) is 5.01 Å². The van der Waals surface area contributed by atoms with Crippen LogP contribution in [0.4, 0.5) is 0 Å². The molecule has 3 atom stereocenters. The van der Waals surface area contributed by atoms with Crippen molar-refractivity contribution >= 4 is 22.1 Å². The predicted molar refractivity (Wildman–Crippen MR) is 81.0 cm³/mol. The molecular formula is C14H16N2O2S2. The summed E-state index contributed by atoms with van der Waals surface area (Å²) in [6.45, 7) is 2.71. The van der Waals surface area contributed by atoms with Gasteiger partial charge in [0.25, 0.3) is 0 Å². The van der Waals surface area contributed by atoms with Gasteiger partial charge in [-0.05, 0) is 25.5 Å². The Morgan fingerprint density at radius 1 is 1.50 bits per heavy atom. The van der Waals surface area contributed by atoms with Crippen molar-refractivity contribution in [1.82, 2.24) is 9.97 Å². The molecule has 0 bridgehead atoms. The molecule has 0 unspecified atom stereocenters. The van der Waals surface area contributed by atoms with Gasteiger partial charge in [0, 0.05) is 29.0 Å². The molecule has 0 spiro atoms. The van der Waals surface area contributed by atoms with Crippen LogP contribution >= 0.6 is 11.3 Å². The molecule has 1 fully saturated rings. The minimum absolute atomic E-state index is 0.0877. The van der Waals surface area contributed by atoms with E-state index in [1.165, 1.54) is 0 Å². The van der Waals surface area contributed by atoms with Crippen molar-refractivity contribution in [2.75, 3.05) is 6.61 Å². The largest absolute Gasteiger partial charge is 0.377 e. The molecule has 20 heavy (non-hydrogen) atoms. The van der Waals surface area contributed by atoms with Gasteiger partial charge in [0.2, 0.25) is 0 Å². The Morgan fingerprint density at radius 3 is 3.10 bits per heavy atom. The lowest BCUT2D eigenvalue weighted by atomic mass is 10.3. The van der Waals surface area contributed by atoms with Crippen LogP contribution in [0.25, 0.3) is 10.7 Å². The Labute approximate surface area is 124 Å². The van der Waals surface area contributed by atoms with Crippen LogP contribution in [-0.2, 0) is 21.3 Å². The number of hydrogen-bond acceptors (Lipinski definition) is 5. The van der Waals surface area contributed by atoms with Crippen molar-refractivity contribution in [3.05, 3.63) is 35.5 Å². The number of nitrogens with zero attached hydrogens (tertiary/aromatic N) is 2. The molecule has 0 aliphatic carbocycles. The van der Waals surface area contributed by atoms with E-state index in [1.807, 2.05) is 30.5 Å². The van der Waals surface area contributed by atoms with Gasteiger partial charge in [-0.25, -0.2) is 4.98 Å². The van der Waals surface area contributed by atoms with Crippen molar-refractivity contribution in [1.29, 1.82) is 0 Å². The SMILES string of the molecule is C[C@@H]1OCC[C@@H]1[S@@](=O)Cc1csc(-c2ccccn2)n1. The van der Waals surface area contributed by atoms with Crippen molar-refractivity contribution in [3.63, 3.8) is 0 Å². The molecule has 1 aliphatic heterocycles. The molecule has 2 aromatic rings. The highest BCUT2D eigenvalue weighted by atomic mass is 32.2. The second kappa shape index (κ2) is 6.11. The number of thiazole rings is 1. The lowest BCUT2D eigenvalue weighted by molar-refractivity contribution is 0.127. The molecule has 2 aromatic heterocycles. The van der Waals surface area contributed by atoms with Crippen molar-refractivity contribution in [3.8, 4) is 10.7 Å². The van der Waals surface area contributed by atoms with Crippen LogP contribution in [0.5, 0.6) is 0 Å². The molecule has 0 aromatic carbocycles. The first-order valence-corrected chi connectivity index (χ1v) is 8.85. The quantitative estimate of drug-likeness (QED) is 0.871. The molecule has 0 saturated carbocycles. The van der Waals surface area contributed by atoms with E-state index in [0.717, 1.165) is 22.8 Å². The van der Waals surface area contributed by atoms with Gasteiger partial charge >= 0.3 is 0 Å². The number of ether oxygens (including phenoxy) is 1. The van der Waals surface area contributed by atoms with Gasteiger partial charge in [-0.3, -0.25) is 9.19 Å². The Hall–Kier alpha value is -1.11. The lowest BCUT2D eigenvalue weighted by Crippen LogP contribution is -2.24. The van der Waals surface area contributed by atoms with E-state index in [0.29, 0.717) is 12.4 Å². The van der Waals surface area contributed by atoms with Crippen molar-refractivity contribution < 1.29 is 8.95 Å². The van der Waals surface area contributed by atoms with Crippen LogP contribution in [0.1, 0.15) is 19.0 Å². The lowest BCUT2D eigenvalue weighted by Gasteiger charge is -2.12. The highest BCUT2D eigenvalue weighted by molar-refractivity contribution is 7.84. The fourth-order valence-electron chi connectivity index (χ4n) is 2.29. The Balaban J connectivity index is 1.70. The Kier molecular flexibility index (Phi) is 4.24. The van der Waals surface area contributed by atoms with Gasteiger partial charge in [-0.15, -0.1) is 11.3 Å². The Morgan fingerprint density at radius 2 is 2.40 bits per heavy atom. The summed E-state index contributed by atoms with van der Waals surface area (Å²) < 4.78 is 17.8. The molecule has 6 heteroatoms. The summed E-state index contributed by atoms with van der Waals surface area (Å²) in [4.78, 5) is 8.82. The summed E-state index contributed by atoms with van der Waals surface area (Å²) in [5.41, 5.74) is 1.75. The first kappa shape index (κ1) is 13.9. The predicted octanol–water partition coefficient (Wildman–Crippen LogP) is 2.63. The first-order chi connectivity index (χ1) is 9.74. The second-order valence-corrected chi connectivity index (χ2v) is 7.30. The minimum atomic E-state index is -0.921. The zero-order chi connectivity index (χ0) is 13.9. The van der Waals surface area contributed by atoms with E-state index in [-0.39, 0.29) is 11.4 Å². The zero-order valence-electron chi connectivity index (χ0n) is 11.2. The summed E-state index contributed by atoms with van der Waals surface area (Å²) in [5, 5.41) is 2.99. The first-order valence-electron chi connectivity index (χ1n) is 6.58. The van der Waals surface area contributed by atoms with Crippen molar-refractivity contribution in [2.24, 2.45) is 0 Å². The van der Waals surface area contributed by atoms with E-state index in [9.17, 15) is 4.21 Å². The third-order valence-corrected chi connectivity index (χ3v) is 6.16. The fourth-order valence-corrected chi connectivity index (χ4v) is 4.71. The van der Waals surface area contributed by atoms with Crippen LogP contribution in [0.15, 0.2) is 29.8 Å². The van der Waals surface area contributed by atoms with E-state index in [1.54, 1.807) is 17.5 Å². The number of rotatable bonds is 4. The van der Waals surface area contributed by atoms with E-state index < -0.39 is 10.8 Å². The van der Waals surface area contributed by atoms with Gasteiger partial charge in [0.05, 0.1) is 28.5 Å². The normalized spacial score (nSPS) is 23.9. The highest BCUT2D eigenvalue weighted by Gasteiger charge is 2.29. The van der Waals surface area contributed by atoms with Gasteiger partial charge in [-0.2, -0.15) is 0 Å². The third-order valence-electron chi connectivity index (χ3n) is 3.37. The van der Waals surface area contributed by atoms with Crippen LogP contribution in [0, 0.1) is 0 Å². The van der Waals surface area contributed by atoms with Crippen LogP contribution in [0.3, 0.4) is 0 Å². The minimum Gasteiger partial charge on any atom is -0.377 e. The monoisotopic (exact) mass is 308 g/mol. The van der Waals surface area contributed by atoms with Crippen LogP contribution < -0.4 is 0 Å². The summed E-state index contributed by atoms with van der Waals surface area (Å²) in [6, 6.07) is 5.76. The number of hydrogen-bond donors (Lipinski definition) is 0. The van der Waals surface area contributed by atoms with Crippen molar-refractivity contribution in [2.45, 2.75) is 30.5 Å². The number of aromatic nitrogens is 2. The Bertz CT molecular complexity index is 600. The average molecular weight is 308 g/mol. The van der Waals surface area contributed by atoms with Gasteiger partial charge in [0.15, 0.2) is 0 Å². The maximum Gasteiger partial charge on any atom is 0.142 e. The molecule has 1 saturated heterocycles. The molecular weight excluding hydrogens is 292 g/mol. The number of pyridine rings is 1. The topological polar surface area (TPSA) is 52.1 Å². The van der Waals surface area contributed by atoms with Gasteiger partial charge in [-0.1, -0.05) is 6.07 Å². The van der Waals surface area contributed by atoms with E-state index in [2.05, 4.69) is 9.97 Å². The molecule has 1 aliphatic rings. The second-order valence-electron chi connectivity index (χ2n) is 4.79. The third kappa shape index (κ3) is 2.97. The van der Waals surface area contributed by atoms with E-state index in [4.69, 9.17) is 4.74 Å². The fraction of sp³-hybridized carbons (Fsp3) is 0.429. The molecule has 106 valence electrons. The summed E-state index contributed by atoms with van der Waals surface area (Å²) in [7, 11) is -0.921. The summed E-state index contributed by atoms with van der Waals surface area (Å²) in [6.07, 6.45) is 2.72. The molecule has 4 nitrogen and oxygen atoms in total.